The summed E-state index contributed by atoms with van der Waals surface area (Å²) in [5, 5.41) is 13.9. The zero-order valence-corrected chi connectivity index (χ0v) is 5.97. The standard InChI is InChI=1S/C5H9F.CH2O3/c1-5(2)3-4-6;2-1(3)4/h3H,4H2,1-2H3;(H2,2,3,4). The Morgan fingerprint density at radius 3 is 1.80 bits per heavy atom. The van der Waals surface area contributed by atoms with Crippen molar-refractivity contribution in [2.24, 2.45) is 0 Å². The average Bonchev–Trinajstić information content (AvgIpc) is 1.62. The predicted molar refractivity (Wildman–Crippen MR) is 36.1 cm³/mol. The molecule has 0 rings (SSSR count). The molecule has 0 aromatic heterocycles. The van der Waals surface area contributed by atoms with Gasteiger partial charge in [-0.2, -0.15) is 0 Å². The zero-order chi connectivity index (χ0) is 8.57. The summed E-state index contributed by atoms with van der Waals surface area (Å²) in [4.78, 5) is 8.56. The van der Waals surface area contributed by atoms with Crippen LogP contribution in [0.15, 0.2) is 11.6 Å². The van der Waals surface area contributed by atoms with Gasteiger partial charge in [0.25, 0.3) is 0 Å². The third-order valence-corrected chi connectivity index (χ3v) is 0.485. The molecule has 0 unspecified atom stereocenters. The number of hydrogen-bond acceptors (Lipinski definition) is 1. The Bertz CT molecular complexity index is 112. The lowest BCUT2D eigenvalue weighted by molar-refractivity contribution is 0.137. The van der Waals surface area contributed by atoms with Crippen molar-refractivity contribution in [3.8, 4) is 0 Å². The van der Waals surface area contributed by atoms with Crippen LogP contribution < -0.4 is 0 Å². The molecule has 2 N–H and O–H groups in total. The summed E-state index contributed by atoms with van der Waals surface area (Å²) in [5.74, 6) is 0. The monoisotopic (exact) mass is 150 g/mol. The van der Waals surface area contributed by atoms with Crippen LogP contribution in [0.4, 0.5) is 9.18 Å². The van der Waals surface area contributed by atoms with E-state index < -0.39 is 6.16 Å². The molecule has 0 radical (unpaired) electrons. The maximum absolute atomic E-state index is 11.2. The fourth-order valence-corrected chi connectivity index (χ4v) is 0.154. The van der Waals surface area contributed by atoms with Gasteiger partial charge >= 0.3 is 6.16 Å². The van der Waals surface area contributed by atoms with E-state index in [1.165, 1.54) is 0 Å². The third-order valence-electron chi connectivity index (χ3n) is 0.485. The molecule has 60 valence electrons. The maximum atomic E-state index is 11.2. The molecule has 3 nitrogen and oxygen atoms in total. The Labute approximate surface area is 58.8 Å². The van der Waals surface area contributed by atoms with Crippen LogP contribution in [0.2, 0.25) is 0 Å². The highest BCUT2D eigenvalue weighted by molar-refractivity contribution is 5.53. The molecule has 0 aromatic rings. The molecule has 4 heteroatoms. The van der Waals surface area contributed by atoms with E-state index in [1.807, 2.05) is 13.8 Å². The quantitative estimate of drug-likeness (QED) is 0.563. The lowest BCUT2D eigenvalue weighted by Gasteiger charge is -1.78. The van der Waals surface area contributed by atoms with Crippen molar-refractivity contribution < 1.29 is 19.4 Å². The average molecular weight is 150 g/mol. The van der Waals surface area contributed by atoms with Gasteiger partial charge in [0.1, 0.15) is 6.67 Å². The van der Waals surface area contributed by atoms with Gasteiger partial charge in [-0.05, 0) is 13.8 Å². The van der Waals surface area contributed by atoms with E-state index in [0.29, 0.717) is 0 Å². The maximum Gasteiger partial charge on any atom is 0.503 e. The second kappa shape index (κ2) is 7.94. The molecule has 0 bridgehead atoms. The highest BCUT2D eigenvalue weighted by atomic mass is 19.1. The van der Waals surface area contributed by atoms with Gasteiger partial charge in [-0.3, -0.25) is 0 Å². The van der Waals surface area contributed by atoms with E-state index in [4.69, 9.17) is 15.0 Å². The minimum Gasteiger partial charge on any atom is -0.450 e. The predicted octanol–water partition coefficient (Wildman–Crippen LogP) is 2.14. The van der Waals surface area contributed by atoms with Crippen molar-refractivity contribution in [2.75, 3.05) is 6.67 Å². The van der Waals surface area contributed by atoms with E-state index in [-0.39, 0.29) is 6.67 Å². The molecule has 0 aliphatic rings. The SMILES string of the molecule is CC(C)=CCF.O=C(O)O. The summed E-state index contributed by atoms with van der Waals surface area (Å²) < 4.78 is 11.2. The van der Waals surface area contributed by atoms with Crippen LogP contribution in [-0.4, -0.2) is 23.0 Å². The van der Waals surface area contributed by atoms with Crippen LogP contribution >= 0.6 is 0 Å². The van der Waals surface area contributed by atoms with Gasteiger partial charge in [0.2, 0.25) is 0 Å². The van der Waals surface area contributed by atoms with Gasteiger partial charge in [0.05, 0.1) is 0 Å². The minimum atomic E-state index is -1.83. The lowest BCUT2D eigenvalue weighted by atomic mass is 10.3. The van der Waals surface area contributed by atoms with Crippen LogP contribution in [0.3, 0.4) is 0 Å². The summed E-state index contributed by atoms with van der Waals surface area (Å²) in [6.07, 6.45) is -0.292. The Balaban J connectivity index is 0. The molecule has 0 aromatic carbocycles. The van der Waals surface area contributed by atoms with E-state index in [1.54, 1.807) is 6.08 Å². The van der Waals surface area contributed by atoms with Crippen LogP contribution in [-0.2, 0) is 0 Å². The number of halogens is 1. The first-order chi connectivity index (χ1) is 4.50. The van der Waals surface area contributed by atoms with Crippen molar-refractivity contribution in [1.29, 1.82) is 0 Å². The number of allylic oxidation sites excluding steroid dienone is 2. The molecule has 10 heavy (non-hydrogen) atoms. The summed E-state index contributed by atoms with van der Waals surface area (Å²) in [6.45, 7) is 3.42. The number of alkyl halides is 1. The Morgan fingerprint density at radius 2 is 1.80 bits per heavy atom. The topological polar surface area (TPSA) is 57.5 Å². The van der Waals surface area contributed by atoms with Gasteiger partial charge in [0, 0.05) is 0 Å². The third kappa shape index (κ3) is 65.1. The molecule has 0 spiro atoms. The molecule has 0 amide bonds. The lowest BCUT2D eigenvalue weighted by Crippen LogP contribution is -1.81. The van der Waals surface area contributed by atoms with Gasteiger partial charge in [-0.25, -0.2) is 9.18 Å². The molecule has 0 aliphatic carbocycles. The Kier molecular flexibility index (Phi) is 9.29. The Hall–Kier alpha value is -1.06. The largest absolute Gasteiger partial charge is 0.503 e. The van der Waals surface area contributed by atoms with E-state index in [2.05, 4.69) is 0 Å². The van der Waals surface area contributed by atoms with Crippen molar-refractivity contribution in [1.82, 2.24) is 0 Å². The van der Waals surface area contributed by atoms with Crippen molar-refractivity contribution in [2.45, 2.75) is 13.8 Å². The second-order valence-electron chi connectivity index (χ2n) is 1.72. The number of rotatable bonds is 1. The summed E-state index contributed by atoms with van der Waals surface area (Å²) >= 11 is 0. The number of hydrogen-bond donors (Lipinski definition) is 2. The van der Waals surface area contributed by atoms with E-state index in [9.17, 15) is 4.39 Å². The highest BCUT2D eigenvalue weighted by Crippen LogP contribution is 1.85. The van der Waals surface area contributed by atoms with Crippen molar-refractivity contribution in [3.05, 3.63) is 11.6 Å². The minimum absolute atomic E-state index is 0.331. The zero-order valence-electron chi connectivity index (χ0n) is 5.97. The second-order valence-corrected chi connectivity index (χ2v) is 1.72. The molecular formula is C6H11FO3. The van der Waals surface area contributed by atoms with Gasteiger partial charge in [-0.1, -0.05) is 11.6 Å². The van der Waals surface area contributed by atoms with Gasteiger partial charge in [-0.15, -0.1) is 0 Å². The number of carboxylic acid groups (broad SMARTS) is 2. The highest BCUT2D eigenvalue weighted by Gasteiger charge is 1.70. The molecule has 0 fully saturated rings. The van der Waals surface area contributed by atoms with Crippen LogP contribution in [0.5, 0.6) is 0 Å². The normalized spacial score (nSPS) is 7.10. The van der Waals surface area contributed by atoms with Gasteiger partial charge < -0.3 is 10.2 Å². The molecule has 0 saturated heterocycles. The van der Waals surface area contributed by atoms with E-state index in [0.717, 1.165) is 5.57 Å². The summed E-state index contributed by atoms with van der Waals surface area (Å²) in [5.41, 5.74) is 1.04. The molecule has 0 atom stereocenters. The van der Waals surface area contributed by atoms with Crippen LogP contribution in [0.25, 0.3) is 0 Å². The first-order valence-electron chi connectivity index (χ1n) is 2.62. The summed E-state index contributed by atoms with van der Waals surface area (Å²) in [7, 11) is 0. The Morgan fingerprint density at radius 1 is 1.50 bits per heavy atom. The first kappa shape index (κ1) is 11.7. The van der Waals surface area contributed by atoms with Crippen LogP contribution in [0.1, 0.15) is 13.8 Å². The fourth-order valence-electron chi connectivity index (χ4n) is 0.154. The number of carbonyl (C=O) groups is 1. The van der Waals surface area contributed by atoms with Crippen LogP contribution in [0, 0.1) is 0 Å². The molecule has 0 heterocycles. The first-order valence-corrected chi connectivity index (χ1v) is 2.62. The molecule has 0 aliphatic heterocycles. The molecule has 0 saturated carbocycles. The van der Waals surface area contributed by atoms with Crippen molar-refractivity contribution >= 4 is 6.16 Å². The van der Waals surface area contributed by atoms with Gasteiger partial charge in [0.15, 0.2) is 0 Å². The van der Waals surface area contributed by atoms with Crippen molar-refractivity contribution in [3.63, 3.8) is 0 Å². The van der Waals surface area contributed by atoms with E-state index >= 15 is 0 Å². The smallest absolute Gasteiger partial charge is 0.450 e. The summed E-state index contributed by atoms with van der Waals surface area (Å²) in [6, 6.07) is 0. The fraction of sp³-hybridized carbons (Fsp3) is 0.500. The molecular weight excluding hydrogens is 139 g/mol.